The van der Waals surface area contributed by atoms with E-state index in [9.17, 15) is 21.0 Å². The van der Waals surface area contributed by atoms with Gasteiger partial charge in [0.1, 0.15) is 0 Å². The van der Waals surface area contributed by atoms with E-state index in [1.165, 1.54) is 6.92 Å². The van der Waals surface area contributed by atoms with Gasteiger partial charge in [-0.05, 0) is 0 Å². The molecule has 0 aromatic rings. The van der Waals surface area contributed by atoms with Crippen LogP contribution in [0.25, 0.3) is 0 Å². The monoisotopic (exact) mass is 289 g/mol. The van der Waals surface area contributed by atoms with Gasteiger partial charge in [0.05, 0.1) is 0 Å². The number of halogens is 5. The summed E-state index contributed by atoms with van der Waals surface area (Å²) in [5.41, 5.74) is 0. The van der Waals surface area contributed by atoms with Crippen LogP contribution in [0.1, 0.15) is 6.92 Å². The molecular formula is C3H7F5N3OP3. The molecule has 0 saturated heterocycles. The van der Waals surface area contributed by atoms with Crippen LogP contribution in [0.2, 0.25) is 0 Å². The summed E-state index contributed by atoms with van der Waals surface area (Å²) in [5, 5.41) is 0. The zero-order chi connectivity index (χ0) is 11.8. The number of nitrogens with one attached hydrogen (secondary N) is 1. The number of nitrogens with zero attached hydrogens (tertiary/aromatic N) is 2. The fourth-order valence-electron chi connectivity index (χ4n) is 0.667. The molecule has 90 valence electrons. The Morgan fingerprint density at radius 1 is 1.47 bits per heavy atom. The van der Waals surface area contributed by atoms with Crippen LogP contribution in [0.4, 0.5) is 21.0 Å². The van der Waals surface area contributed by atoms with Gasteiger partial charge in [-0.15, -0.1) is 0 Å². The first-order chi connectivity index (χ1) is 6.67. The summed E-state index contributed by atoms with van der Waals surface area (Å²) >= 11 is 0. The van der Waals surface area contributed by atoms with Gasteiger partial charge in [0.2, 0.25) is 0 Å². The number of hydrogen-bond donors (Lipinski definition) is 1. The zero-order valence-corrected chi connectivity index (χ0v) is 10.0. The van der Waals surface area contributed by atoms with Crippen molar-refractivity contribution in [2.24, 2.45) is 4.52 Å². The topological polar surface area (TPSA) is 36.9 Å². The van der Waals surface area contributed by atoms with Crippen molar-refractivity contribution in [3.63, 3.8) is 0 Å². The zero-order valence-electron chi connectivity index (χ0n) is 7.24. The quantitative estimate of drug-likeness (QED) is 0.451. The van der Waals surface area contributed by atoms with Gasteiger partial charge in [-0.1, -0.05) is 0 Å². The molecule has 0 spiro atoms. The summed E-state index contributed by atoms with van der Waals surface area (Å²) in [7, 11) is -14.3. The molecule has 1 heterocycles. The Morgan fingerprint density at radius 3 is 2.53 bits per heavy atom. The molecule has 0 bridgehead atoms. The molecule has 4 nitrogen and oxygen atoms in total. The number of allylic oxidation sites excluding steroid dienone is 1. The number of rotatable bonds is 2. The van der Waals surface area contributed by atoms with E-state index in [4.69, 9.17) is 0 Å². The van der Waals surface area contributed by atoms with Crippen molar-refractivity contribution in [3.05, 3.63) is 12.3 Å². The van der Waals surface area contributed by atoms with Crippen LogP contribution in [0.3, 0.4) is 0 Å². The molecule has 0 amide bonds. The third-order valence-corrected chi connectivity index (χ3v) is 7.03. The number of hydrogen-bond acceptors (Lipinski definition) is 4. The van der Waals surface area contributed by atoms with E-state index in [0.29, 0.717) is 6.26 Å². The second kappa shape index (κ2) is 3.90. The van der Waals surface area contributed by atoms with Gasteiger partial charge in [-0.3, -0.25) is 0 Å². The normalized spacial score (nSPS) is 33.1. The Hall–Kier alpha value is 0.200. The third-order valence-electron chi connectivity index (χ3n) is 1.17. The molecule has 15 heavy (non-hydrogen) atoms. The predicted octanol–water partition coefficient (Wildman–Crippen LogP) is 4.79. The van der Waals surface area contributed by atoms with Crippen molar-refractivity contribution in [2.45, 2.75) is 6.92 Å². The van der Waals surface area contributed by atoms with Gasteiger partial charge >= 0.3 is 83.6 Å². The molecule has 0 saturated carbocycles. The molecule has 0 aromatic heterocycles. The molecule has 0 fully saturated rings. The standard InChI is InChI=1S/C3H7F5N3OP3/c1-2-3-12-11-14(4,5)9-13-10-15(11,6,7)8/h2-3,10,13H,1H3. The van der Waals surface area contributed by atoms with E-state index in [1.807, 2.05) is 0 Å². The minimum atomic E-state index is -7.34. The van der Waals surface area contributed by atoms with Crippen LogP contribution >= 0.6 is 24.5 Å². The summed E-state index contributed by atoms with van der Waals surface area (Å²) in [6.07, 6.45) is 1.61. The molecular weight excluding hydrogens is 282 g/mol. The first-order valence-electron chi connectivity index (χ1n) is 3.47. The Bertz CT molecular complexity index is 333. The minimum absolute atomic E-state index is 0.541. The Labute approximate surface area is 84.4 Å². The van der Waals surface area contributed by atoms with Gasteiger partial charge in [0.15, 0.2) is 0 Å². The Morgan fingerprint density at radius 2 is 2.07 bits per heavy atom. The molecule has 1 N–H and O–H groups in total. The van der Waals surface area contributed by atoms with Crippen LogP contribution in [0.15, 0.2) is 16.9 Å². The SMILES string of the molecule is CC=CON1P(F)(F)=NPNP1(F)(F)F. The third kappa shape index (κ3) is 2.86. The van der Waals surface area contributed by atoms with E-state index >= 15 is 0 Å². The molecule has 1 unspecified atom stereocenters. The fourth-order valence-corrected chi connectivity index (χ4v) is 5.56. The first kappa shape index (κ1) is 13.3. The van der Waals surface area contributed by atoms with Gasteiger partial charge in [-0.2, -0.15) is 0 Å². The maximum absolute atomic E-state index is 13.0. The molecule has 1 rings (SSSR count). The van der Waals surface area contributed by atoms with Gasteiger partial charge in [-0.25, -0.2) is 0 Å². The van der Waals surface area contributed by atoms with Crippen LogP contribution in [-0.4, -0.2) is 4.60 Å². The van der Waals surface area contributed by atoms with E-state index in [-0.39, 0.29) is 0 Å². The Balaban J connectivity index is 3.11. The summed E-state index contributed by atoms with van der Waals surface area (Å²) in [6, 6.07) is 0. The van der Waals surface area contributed by atoms with Gasteiger partial charge < -0.3 is 0 Å². The fraction of sp³-hybridized carbons (Fsp3) is 0.333. The average Bonchev–Trinajstić information content (AvgIpc) is 1.99. The second-order valence-corrected chi connectivity index (χ2v) is 7.79. The van der Waals surface area contributed by atoms with Gasteiger partial charge in [0, 0.05) is 0 Å². The molecule has 1 aliphatic heterocycles. The summed E-state index contributed by atoms with van der Waals surface area (Å²) in [6.45, 7) is 1.34. The molecule has 1 atom stereocenters. The van der Waals surface area contributed by atoms with Crippen LogP contribution in [-0.2, 0) is 4.84 Å². The van der Waals surface area contributed by atoms with E-state index in [0.717, 1.165) is 10.9 Å². The molecule has 0 radical (unpaired) electrons. The van der Waals surface area contributed by atoms with Crippen molar-refractivity contribution >= 4 is 24.5 Å². The molecule has 12 heteroatoms. The molecule has 0 aromatic carbocycles. The van der Waals surface area contributed by atoms with Crippen molar-refractivity contribution < 1.29 is 25.8 Å². The Kier molecular flexibility index (Phi) is 3.45. The van der Waals surface area contributed by atoms with Crippen LogP contribution in [0.5, 0.6) is 0 Å². The van der Waals surface area contributed by atoms with E-state index < -0.39 is 29.1 Å². The second-order valence-electron chi connectivity index (χ2n) is 2.38. The maximum atomic E-state index is 13.0. The van der Waals surface area contributed by atoms with Crippen LogP contribution < -0.4 is 4.86 Å². The van der Waals surface area contributed by atoms with Crippen molar-refractivity contribution in [1.82, 2.24) is 9.46 Å². The van der Waals surface area contributed by atoms with Crippen molar-refractivity contribution in [2.75, 3.05) is 0 Å². The molecule has 0 aliphatic carbocycles. The first-order valence-corrected chi connectivity index (χ1v) is 7.76. The average molecular weight is 289 g/mol. The van der Waals surface area contributed by atoms with E-state index in [1.54, 1.807) is 0 Å². The summed E-state index contributed by atoms with van der Waals surface area (Å²) < 4.78 is 66.2. The van der Waals surface area contributed by atoms with Crippen LogP contribution in [0, 0.1) is 0 Å². The van der Waals surface area contributed by atoms with Crippen molar-refractivity contribution in [3.8, 4) is 0 Å². The summed E-state index contributed by atoms with van der Waals surface area (Å²) in [4.78, 5) is 4.95. The van der Waals surface area contributed by atoms with E-state index in [2.05, 4.69) is 9.35 Å². The van der Waals surface area contributed by atoms with Gasteiger partial charge in [0.25, 0.3) is 0 Å². The van der Waals surface area contributed by atoms with Crippen molar-refractivity contribution in [1.29, 1.82) is 0 Å². The molecule has 1 aliphatic rings. The summed E-state index contributed by atoms with van der Waals surface area (Å²) in [5.74, 6) is 0. The predicted molar refractivity (Wildman–Crippen MR) is 51.0 cm³/mol.